The Hall–Kier alpha value is -0.850. The number of benzene rings is 1. The summed E-state index contributed by atoms with van der Waals surface area (Å²) < 4.78 is -0.392. The van der Waals surface area contributed by atoms with Crippen LogP contribution in [-0.2, 0) is 0 Å². The molecule has 1 aliphatic rings. The van der Waals surface area contributed by atoms with Crippen molar-refractivity contribution >= 4 is 40.8 Å². The molecule has 1 aromatic heterocycles. The Morgan fingerprint density at radius 3 is 2.25 bits per heavy atom. The Morgan fingerprint density at radius 2 is 1.67 bits per heavy atom. The van der Waals surface area contributed by atoms with Gasteiger partial charge < -0.3 is 9.85 Å². The Labute approximate surface area is 156 Å². The number of hydrogen-bond donors (Lipinski definition) is 0. The van der Waals surface area contributed by atoms with Gasteiger partial charge in [-0.25, -0.2) is 4.98 Å². The second kappa shape index (κ2) is 7.18. The Kier molecular flexibility index (Phi) is 5.37. The fourth-order valence-electron chi connectivity index (χ4n) is 2.64. The fraction of sp³-hybridized carbons (Fsp3) is 0.412. The second-order valence-electron chi connectivity index (χ2n) is 6.24. The SMILES string of the molecule is CC(C)c1cc([N+]2([O-])CCSCC2)nc(-c2cc(Cl)cc(Cl)c2)n1. The predicted octanol–water partition coefficient (Wildman–Crippen LogP) is 5.13. The number of quaternary nitrogens is 1. The van der Waals surface area contributed by atoms with Crippen molar-refractivity contribution in [1.82, 2.24) is 14.6 Å². The van der Waals surface area contributed by atoms with E-state index in [1.54, 1.807) is 18.2 Å². The van der Waals surface area contributed by atoms with Crippen molar-refractivity contribution in [2.75, 3.05) is 24.6 Å². The van der Waals surface area contributed by atoms with E-state index in [4.69, 9.17) is 23.2 Å². The van der Waals surface area contributed by atoms with E-state index in [9.17, 15) is 5.21 Å². The van der Waals surface area contributed by atoms with Gasteiger partial charge in [0.05, 0.1) is 18.8 Å². The molecule has 2 heterocycles. The number of nitrogens with zero attached hydrogens (tertiary/aromatic N) is 3. The maximum atomic E-state index is 13.2. The van der Waals surface area contributed by atoms with E-state index in [-0.39, 0.29) is 5.92 Å². The van der Waals surface area contributed by atoms with Crippen molar-refractivity contribution in [1.29, 1.82) is 0 Å². The van der Waals surface area contributed by atoms with Gasteiger partial charge in [0.1, 0.15) is 0 Å². The lowest BCUT2D eigenvalue weighted by molar-refractivity contribution is 0.397. The van der Waals surface area contributed by atoms with Gasteiger partial charge in [0, 0.05) is 33.2 Å². The molecule has 0 bridgehead atoms. The van der Waals surface area contributed by atoms with Crippen LogP contribution in [0.1, 0.15) is 25.5 Å². The smallest absolute Gasteiger partial charge is 0.231 e. The molecule has 1 aromatic carbocycles. The molecule has 0 unspecified atom stereocenters. The third kappa shape index (κ3) is 3.86. The molecule has 0 saturated carbocycles. The van der Waals surface area contributed by atoms with Gasteiger partial charge in [0.25, 0.3) is 0 Å². The monoisotopic (exact) mass is 383 g/mol. The average molecular weight is 384 g/mol. The fourth-order valence-corrected chi connectivity index (χ4v) is 4.21. The summed E-state index contributed by atoms with van der Waals surface area (Å²) in [6.07, 6.45) is 0. The van der Waals surface area contributed by atoms with E-state index < -0.39 is 4.65 Å². The lowest BCUT2D eigenvalue weighted by Gasteiger charge is -2.43. The molecule has 0 aliphatic carbocycles. The van der Waals surface area contributed by atoms with Crippen molar-refractivity contribution in [2.24, 2.45) is 0 Å². The molecule has 4 nitrogen and oxygen atoms in total. The molecule has 1 saturated heterocycles. The highest BCUT2D eigenvalue weighted by Crippen LogP contribution is 2.31. The van der Waals surface area contributed by atoms with E-state index in [0.29, 0.717) is 34.8 Å². The molecule has 0 atom stereocenters. The summed E-state index contributed by atoms with van der Waals surface area (Å²) in [6.45, 7) is 5.19. The number of halogens is 2. The van der Waals surface area contributed by atoms with Crippen molar-refractivity contribution in [2.45, 2.75) is 19.8 Å². The van der Waals surface area contributed by atoms with Crippen LogP contribution in [0.3, 0.4) is 0 Å². The van der Waals surface area contributed by atoms with E-state index in [1.807, 2.05) is 17.8 Å². The minimum absolute atomic E-state index is 0.200. The van der Waals surface area contributed by atoms with Crippen LogP contribution in [0.4, 0.5) is 5.82 Å². The molecular formula is C17H19Cl2N3OS. The zero-order chi connectivity index (χ0) is 17.3. The van der Waals surface area contributed by atoms with Crippen LogP contribution in [0.15, 0.2) is 24.3 Å². The Bertz CT molecular complexity index is 728. The van der Waals surface area contributed by atoms with Gasteiger partial charge in [-0.1, -0.05) is 37.0 Å². The Morgan fingerprint density at radius 1 is 1.04 bits per heavy atom. The average Bonchev–Trinajstić information content (AvgIpc) is 2.54. The van der Waals surface area contributed by atoms with Gasteiger partial charge in [-0.3, -0.25) is 0 Å². The largest absolute Gasteiger partial charge is 0.626 e. The van der Waals surface area contributed by atoms with Gasteiger partial charge in [0.15, 0.2) is 5.82 Å². The minimum atomic E-state index is -0.392. The van der Waals surface area contributed by atoms with Crippen molar-refractivity contribution in [3.8, 4) is 11.4 Å². The van der Waals surface area contributed by atoms with Crippen LogP contribution in [0.2, 0.25) is 10.0 Å². The highest BCUT2D eigenvalue weighted by molar-refractivity contribution is 7.99. The van der Waals surface area contributed by atoms with Crippen LogP contribution >= 0.6 is 35.0 Å². The first-order chi connectivity index (χ1) is 11.4. The van der Waals surface area contributed by atoms with Gasteiger partial charge in [-0.05, 0) is 24.1 Å². The molecular weight excluding hydrogens is 365 g/mol. The number of hydrogen-bond acceptors (Lipinski definition) is 4. The number of rotatable bonds is 3. The van der Waals surface area contributed by atoms with Crippen LogP contribution in [0.5, 0.6) is 0 Å². The van der Waals surface area contributed by atoms with Gasteiger partial charge >= 0.3 is 0 Å². The number of thioether (sulfide) groups is 1. The van der Waals surface area contributed by atoms with Gasteiger partial charge in [0.2, 0.25) is 5.82 Å². The molecule has 3 rings (SSSR count). The molecule has 0 radical (unpaired) electrons. The van der Waals surface area contributed by atoms with Crippen molar-refractivity contribution < 1.29 is 0 Å². The molecule has 0 amide bonds. The van der Waals surface area contributed by atoms with Gasteiger partial charge in [-0.15, -0.1) is 0 Å². The first kappa shape index (κ1) is 18.0. The predicted molar refractivity (Wildman–Crippen MR) is 104 cm³/mol. The zero-order valence-corrected chi connectivity index (χ0v) is 16.0. The first-order valence-electron chi connectivity index (χ1n) is 7.89. The summed E-state index contributed by atoms with van der Waals surface area (Å²) in [4.78, 5) is 9.21. The van der Waals surface area contributed by atoms with Crippen molar-refractivity contribution in [3.63, 3.8) is 0 Å². The van der Waals surface area contributed by atoms with Crippen LogP contribution in [0, 0.1) is 5.21 Å². The number of aromatic nitrogens is 2. The quantitative estimate of drug-likeness (QED) is 0.544. The van der Waals surface area contributed by atoms with Crippen molar-refractivity contribution in [3.05, 3.63) is 45.2 Å². The summed E-state index contributed by atoms with van der Waals surface area (Å²) in [5.41, 5.74) is 1.59. The molecule has 2 aromatic rings. The Balaban J connectivity index is 2.12. The highest BCUT2D eigenvalue weighted by atomic mass is 35.5. The second-order valence-corrected chi connectivity index (χ2v) is 8.33. The molecule has 0 N–H and O–H groups in total. The van der Waals surface area contributed by atoms with Crippen LogP contribution < -0.4 is 4.65 Å². The maximum absolute atomic E-state index is 13.2. The zero-order valence-electron chi connectivity index (χ0n) is 13.6. The topological polar surface area (TPSA) is 48.8 Å². The minimum Gasteiger partial charge on any atom is -0.626 e. The summed E-state index contributed by atoms with van der Waals surface area (Å²) >= 11 is 14.0. The van der Waals surface area contributed by atoms with Crippen LogP contribution in [0.25, 0.3) is 11.4 Å². The van der Waals surface area contributed by atoms with E-state index in [0.717, 1.165) is 22.8 Å². The van der Waals surface area contributed by atoms with E-state index in [1.165, 1.54) is 0 Å². The molecule has 128 valence electrons. The molecule has 1 fully saturated rings. The molecule has 1 aliphatic heterocycles. The lowest BCUT2D eigenvalue weighted by Crippen LogP contribution is -2.50. The molecule has 0 spiro atoms. The summed E-state index contributed by atoms with van der Waals surface area (Å²) in [6, 6.07) is 7.07. The normalized spacial score (nSPS) is 17.2. The maximum Gasteiger partial charge on any atom is 0.231 e. The first-order valence-corrected chi connectivity index (χ1v) is 9.80. The highest BCUT2D eigenvalue weighted by Gasteiger charge is 2.27. The molecule has 7 heteroatoms. The standard InChI is InChI=1S/C17H19Cl2N3OS/c1-11(2)15-10-16(22(23)3-5-24-6-4-22)21-17(20-15)12-7-13(18)9-14(19)8-12/h7-11H,3-6H2,1-2H3. The summed E-state index contributed by atoms with van der Waals surface area (Å²) in [7, 11) is 0. The third-order valence-electron chi connectivity index (χ3n) is 4.06. The lowest BCUT2D eigenvalue weighted by atomic mass is 10.1. The third-order valence-corrected chi connectivity index (χ3v) is 5.43. The summed E-state index contributed by atoms with van der Waals surface area (Å²) in [5, 5.41) is 14.2. The van der Waals surface area contributed by atoms with E-state index in [2.05, 4.69) is 23.8 Å². The van der Waals surface area contributed by atoms with Crippen LogP contribution in [-0.4, -0.2) is 34.6 Å². The number of hydroxylamine groups is 2. The summed E-state index contributed by atoms with van der Waals surface area (Å²) in [5.74, 6) is 2.93. The molecule has 24 heavy (non-hydrogen) atoms. The van der Waals surface area contributed by atoms with E-state index >= 15 is 0 Å². The van der Waals surface area contributed by atoms with Gasteiger partial charge in [-0.2, -0.15) is 16.7 Å².